The Morgan fingerprint density at radius 3 is 2.56 bits per heavy atom. The van der Waals surface area contributed by atoms with Crippen molar-refractivity contribution in [1.82, 2.24) is 0 Å². The zero-order valence-corrected chi connectivity index (χ0v) is 15.4. The molecule has 4 aliphatic rings. The fraction of sp³-hybridized carbons (Fsp3) is 0.850. The highest BCUT2D eigenvalue weighted by molar-refractivity contribution is 5.94. The highest BCUT2D eigenvalue weighted by Crippen LogP contribution is 2.69. The van der Waals surface area contributed by atoms with Crippen LogP contribution in [0.15, 0.2) is 0 Å². The molecule has 1 saturated heterocycles. The number of fused-ring (bicyclic) bond motifs is 3. The molecule has 0 radical (unpaired) electrons. The summed E-state index contributed by atoms with van der Waals surface area (Å²) in [5.74, 6) is -0.453. The fourth-order valence-corrected chi connectivity index (χ4v) is 7.23. The highest BCUT2D eigenvalue weighted by atomic mass is 16.6. The molecular formula is C20H28O5. The summed E-state index contributed by atoms with van der Waals surface area (Å²) >= 11 is 0. The van der Waals surface area contributed by atoms with E-state index in [2.05, 4.69) is 6.92 Å². The maximum atomic E-state index is 12.8. The van der Waals surface area contributed by atoms with Gasteiger partial charge in [0.25, 0.3) is 0 Å². The normalized spacial score (nSPS) is 48.8. The average molecular weight is 348 g/mol. The van der Waals surface area contributed by atoms with Gasteiger partial charge in [-0.25, -0.2) is 0 Å². The van der Waals surface area contributed by atoms with E-state index >= 15 is 0 Å². The van der Waals surface area contributed by atoms with Gasteiger partial charge in [-0.15, -0.1) is 0 Å². The van der Waals surface area contributed by atoms with Crippen LogP contribution < -0.4 is 0 Å². The van der Waals surface area contributed by atoms with Gasteiger partial charge in [0.05, 0.1) is 23.9 Å². The largest absolute Gasteiger partial charge is 0.469 e. The predicted octanol–water partition coefficient (Wildman–Crippen LogP) is 3.25. The van der Waals surface area contributed by atoms with E-state index in [1.165, 1.54) is 7.11 Å². The van der Waals surface area contributed by atoms with E-state index in [0.717, 1.165) is 44.9 Å². The van der Waals surface area contributed by atoms with Gasteiger partial charge in [-0.1, -0.05) is 13.3 Å². The summed E-state index contributed by atoms with van der Waals surface area (Å²) in [5.41, 5.74) is -1.07. The van der Waals surface area contributed by atoms with Gasteiger partial charge >= 0.3 is 17.9 Å². The Hall–Kier alpha value is -1.39. The zero-order chi connectivity index (χ0) is 18.0. The van der Waals surface area contributed by atoms with Crippen molar-refractivity contribution >= 4 is 17.9 Å². The number of rotatable bonds is 1. The number of cyclic esters (lactones) is 2. The minimum atomic E-state index is -0.517. The molecule has 5 nitrogen and oxygen atoms in total. The topological polar surface area (TPSA) is 69.7 Å². The van der Waals surface area contributed by atoms with Crippen LogP contribution in [-0.2, 0) is 23.9 Å². The first-order valence-electron chi connectivity index (χ1n) is 9.62. The summed E-state index contributed by atoms with van der Waals surface area (Å²) in [4.78, 5) is 37.4. The lowest BCUT2D eigenvalue weighted by Crippen LogP contribution is -2.63. The van der Waals surface area contributed by atoms with Gasteiger partial charge in [0.2, 0.25) is 0 Å². The Balaban J connectivity index is 1.75. The number of esters is 3. The molecule has 3 aliphatic carbocycles. The molecule has 5 heteroatoms. The van der Waals surface area contributed by atoms with Gasteiger partial charge < -0.3 is 9.47 Å². The fourth-order valence-electron chi connectivity index (χ4n) is 7.23. The second-order valence-corrected chi connectivity index (χ2v) is 9.26. The van der Waals surface area contributed by atoms with E-state index < -0.39 is 10.8 Å². The SMILES string of the molecule is COC(=O)[C@]1(C)CCC[C@@]2(C)[C@@H]3CC[C@@H]4C[C@@]3(CC[C@@H]21)C(=O)OC4=O. The molecule has 3 saturated carbocycles. The molecule has 4 fully saturated rings. The lowest BCUT2D eigenvalue weighted by atomic mass is 9.39. The first kappa shape index (κ1) is 17.0. The molecule has 1 aliphatic heterocycles. The molecule has 0 aromatic carbocycles. The first-order chi connectivity index (χ1) is 11.8. The Kier molecular flexibility index (Phi) is 3.62. The van der Waals surface area contributed by atoms with E-state index in [1.54, 1.807) is 0 Å². The summed E-state index contributed by atoms with van der Waals surface area (Å²) < 4.78 is 10.4. The molecule has 0 amide bonds. The van der Waals surface area contributed by atoms with E-state index in [-0.39, 0.29) is 41.1 Å². The average Bonchev–Trinajstić information content (AvgIpc) is 2.59. The summed E-state index contributed by atoms with van der Waals surface area (Å²) in [6.07, 6.45) is 6.75. The smallest absolute Gasteiger partial charge is 0.320 e. The van der Waals surface area contributed by atoms with E-state index in [0.29, 0.717) is 6.42 Å². The number of carbonyl (C=O) groups excluding carboxylic acids is 3. The Morgan fingerprint density at radius 1 is 1.08 bits per heavy atom. The summed E-state index contributed by atoms with van der Waals surface area (Å²) in [7, 11) is 1.47. The second-order valence-electron chi connectivity index (χ2n) is 9.26. The van der Waals surface area contributed by atoms with E-state index in [4.69, 9.17) is 9.47 Å². The van der Waals surface area contributed by atoms with Crippen LogP contribution in [0.5, 0.6) is 0 Å². The number of ether oxygens (including phenoxy) is 2. The van der Waals surface area contributed by atoms with Crippen LogP contribution in [0.25, 0.3) is 0 Å². The number of hydrogen-bond acceptors (Lipinski definition) is 5. The minimum Gasteiger partial charge on any atom is -0.469 e. The molecule has 6 atom stereocenters. The number of carbonyl (C=O) groups is 3. The third kappa shape index (κ3) is 2.04. The van der Waals surface area contributed by atoms with Gasteiger partial charge in [0.1, 0.15) is 0 Å². The lowest BCUT2D eigenvalue weighted by molar-refractivity contribution is -0.215. The lowest BCUT2D eigenvalue weighted by Gasteiger charge is -2.64. The van der Waals surface area contributed by atoms with Gasteiger partial charge in [0.15, 0.2) is 0 Å². The van der Waals surface area contributed by atoms with Crippen molar-refractivity contribution in [3.05, 3.63) is 0 Å². The van der Waals surface area contributed by atoms with Crippen LogP contribution in [-0.4, -0.2) is 25.0 Å². The van der Waals surface area contributed by atoms with Crippen LogP contribution >= 0.6 is 0 Å². The molecular weight excluding hydrogens is 320 g/mol. The molecule has 0 aromatic rings. The third-order valence-corrected chi connectivity index (χ3v) is 8.32. The monoisotopic (exact) mass is 348 g/mol. The molecule has 0 aromatic heterocycles. The second kappa shape index (κ2) is 5.31. The van der Waals surface area contributed by atoms with Crippen molar-refractivity contribution in [3.8, 4) is 0 Å². The van der Waals surface area contributed by atoms with Crippen LogP contribution in [0.2, 0.25) is 0 Å². The van der Waals surface area contributed by atoms with Crippen LogP contribution in [0, 0.1) is 34.0 Å². The Morgan fingerprint density at radius 2 is 1.84 bits per heavy atom. The van der Waals surface area contributed by atoms with Gasteiger partial charge in [-0.2, -0.15) is 0 Å². The number of hydrogen-bond donors (Lipinski definition) is 0. The van der Waals surface area contributed by atoms with E-state index in [1.807, 2.05) is 6.92 Å². The zero-order valence-electron chi connectivity index (χ0n) is 15.4. The molecule has 1 spiro atoms. The molecule has 4 rings (SSSR count). The Labute approximate surface area is 148 Å². The van der Waals surface area contributed by atoms with Crippen LogP contribution in [0.1, 0.15) is 65.2 Å². The quantitative estimate of drug-likeness (QED) is 0.537. The first-order valence-corrected chi connectivity index (χ1v) is 9.62. The van der Waals surface area contributed by atoms with Crippen LogP contribution in [0.3, 0.4) is 0 Å². The Bertz CT molecular complexity index is 642. The summed E-state index contributed by atoms with van der Waals surface area (Å²) in [6, 6.07) is 0. The maximum absolute atomic E-state index is 12.8. The van der Waals surface area contributed by atoms with Crippen molar-refractivity contribution in [2.75, 3.05) is 7.11 Å². The molecule has 1 heterocycles. The molecule has 0 N–H and O–H groups in total. The third-order valence-electron chi connectivity index (χ3n) is 8.32. The molecule has 2 bridgehead atoms. The maximum Gasteiger partial charge on any atom is 0.320 e. The molecule has 25 heavy (non-hydrogen) atoms. The van der Waals surface area contributed by atoms with Crippen molar-refractivity contribution in [1.29, 1.82) is 0 Å². The van der Waals surface area contributed by atoms with Crippen LogP contribution in [0.4, 0.5) is 0 Å². The van der Waals surface area contributed by atoms with Gasteiger partial charge in [-0.05, 0) is 69.1 Å². The van der Waals surface area contributed by atoms with Crippen molar-refractivity contribution in [2.45, 2.75) is 65.2 Å². The van der Waals surface area contributed by atoms with Crippen molar-refractivity contribution < 1.29 is 23.9 Å². The molecule has 138 valence electrons. The standard InChI is InChI=1S/C20H28O5/c1-18-8-4-9-19(2,16(22)24-3)13(18)7-10-20-11-12(5-6-14(18)20)15(21)25-17(20)23/h12-14H,4-11H2,1-3H3/t12-,13+,14+,18-,19-,20-/m1/s1. The van der Waals surface area contributed by atoms with Crippen molar-refractivity contribution in [3.63, 3.8) is 0 Å². The summed E-state index contributed by atoms with van der Waals surface area (Å²) in [5, 5.41) is 0. The number of methoxy groups -OCH3 is 1. The summed E-state index contributed by atoms with van der Waals surface area (Å²) in [6.45, 7) is 4.32. The highest BCUT2D eigenvalue weighted by Gasteiger charge is 2.68. The van der Waals surface area contributed by atoms with E-state index in [9.17, 15) is 14.4 Å². The predicted molar refractivity (Wildman–Crippen MR) is 89.2 cm³/mol. The van der Waals surface area contributed by atoms with Crippen molar-refractivity contribution in [2.24, 2.45) is 34.0 Å². The molecule has 0 unspecified atom stereocenters. The van der Waals surface area contributed by atoms with Gasteiger partial charge in [0, 0.05) is 0 Å². The van der Waals surface area contributed by atoms with Gasteiger partial charge in [-0.3, -0.25) is 14.4 Å². The minimum absolute atomic E-state index is 0.0795.